The number of carboxylic acid groups (broad SMARTS) is 1. The summed E-state index contributed by atoms with van der Waals surface area (Å²) >= 11 is 0. The summed E-state index contributed by atoms with van der Waals surface area (Å²) < 4.78 is 7.24. The average molecular weight is 261 g/mol. The Morgan fingerprint density at radius 2 is 2.26 bits per heavy atom. The number of carbonyl (C=O) groups is 1. The Morgan fingerprint density at radius 3 is 2.95 bits per heavy atom. The molecule has 2 heterocycles. The van der Waals surface area contributed by atoms with Crippen LogP contribution in [0.15, 0.2) is 24.5 Å². The third-order valence-corrected chi connectivity index (χ3v) is 2.51. The van der Waals surface area contributed by atoms with Crippen LogP contribution < -0.4 is 4.74 Å². The van der Waals surface area contributed by atoms with Gasteiger partial charge >= 0.3 is 5.97 Å². The van der Waals surface area contributed by atoms with E-state index in [9.17, 15) is 4.79 Å². The molecule has 0 aliphatic carbocycles. The van der Waals surface area contributed by atoms with E-state index in [1.165, 1.54) is 6.07 Å². The Bertz CT molecular complexity index is 593. The first-order valence-electron chi connectivity index (χ1n) is 6.01. The van der Waals surface area contributed by atoms with Gasteiger partial charge in [0.25, 0.3) is 0 Å². The molecule has 0 amide bonds. The molecule has 0 saturated heterocycles. The fraction of sp³-hybridized carbons (Fsp3) is 0.308. The first-order valence-corrected chi connectivity index (χ1v) is 6.01. The van der Waals surface area contributed by atoms with Crippen LogP contribution in [0.2, 0.25) is 0 Å². The first-order chi connectivity index (χ1) is 9.10. The van der Waals surface area contributed by atoms with Crippen LogP contribution in [-0.4, -0.2) is 25.8 Å². The summed E-state index contributed by atoms with van der Waals surface area (Å²) in [6.45, 7) is 4.61. The molecule has 100 valence electrons. The van der Waals surface area contributed by atoms with Crippen molar-refractivity contribution in [3.63, 3.8) is 0 Å². The standard InChI is InChI=1S/C13H15N3O3/c1-3-6-16-8-10(7-14-16)19-12-11(13(17)18)5-4-9(2)15-12/h4-5,7-8H,3,6H2,1-2H3,(H,17,18). The second kappa shape index (κ2) is 5.51. The van der Waals surface area contributed by atoms with Crippen LogP contribution in [0.1, 0.15) is 29.4 Å². The smallest absolute Gasteiger partial charge is 0.341 e. The number of aromatic nitrogens is 3. The van der Waals surface area contributed by atoms with Crippen molar-refractivity contribution in [3.8, 4) is 11.6 Å². The molecule has 1 N–H and O–H groups in total. The number of nitrogens with zero attached hydrogens (tertiary/aromatic N) is 3. The lowest BCUT2D eigenvalue weighted by atomic mass is 10.2. The van der Waals surface area contributed by atoms with Gasteiger partial charge in [-0.3, -0.25) is 4.68 Å². The summed E-state index contributed by atoms with van der Waals surface area (Å²) in [6, 6.07) is 3.12. The van der Waals surface area contributed by atoms with Crippen molar-refractivity contribution in [3.05, 3.63) is 35.8 Å². The second-order valence-electron chi connectivity index (χ2n) is 4.15. The molecule has 0 spiro atoms. The van der Waals surface area contributed by atoms with E-state index in [-0.39, 0.29) is 11.4 Å². The largest absolute Gasteiger partial charge is 0.477 e. The predicted molar refractivity (Wildman–Crippen MR) is 68.5 cm³/mol. The van der Waals surface area contributed by atoms with Gasteiger partial charge in [-0.2, -0.15) is 5.10 Å². The van der Waals surface area contributed by atoms with Crippen LogP contribution in [0.3, 0.4) is 0 Å². The van der Waals surface area contributed by atoms with Crippen molar-refractivity contribution >= 4 is 5.97 Å². The van der Waals surface area contributed by atoms with Gasteiger partial charge in [0.2, 0.25) is 5.88 Å². The molecule has 6 heteroatoms. The molecule has 0 aliphatic rings. The Labute approximate surface area is 110 Å². The van der Waals surface area contributed by atoms with E-state index in [2.05, 4.69) is 10.1 Å². The Balaban J connectivity index is 2.26. The molecule has 0 unspecified atom stereocenters. The van der Waals surface area contributed by atoms with E-state index in [0.717, 1.165) is 13.0 Å². The van der Waals surface area contributed by atoms with Crippen molar-refractivity contribution in [1.82, 2.24) is 14.8 Å². The summed E-state index contributed by atoms with van der Waals surface area (Å²) in [7, 11) is 0. The zero-order chi connectivity index (χ0) is 13.8. The summed E-state index contributed by atoms with van der Waals surface area (Å²) in [5, 5.41) is 13.2. The highest BCUT2D eigenvalue weighted by molar-refractivity contribution is 5.90. The molecule has 0 fully saturated rings. The topological polar surface area (TPSA) is 77.2 Å². The molecule has 0 aromatic carbocycles. The first kappa shape index (κ1) is 13.1. The van der Waals surface area contributed by atoms with Crippen molar-refractivity contribution in [1.29, 1.82) is 0 Å². The van der Waals surface area contributed by atoms with Crippen LogP contribution in [0, 0.1) is 6.92 Å². The van der Waals surface area contributed by atoms with E-state index >= 15 is 0 Å². The molecule has 6 nitrogen and oxygen atoms in total. The molecule has 0 bridgehead atoms. The van der Waals surface area contributed by atoms with Gasteiger partial charge in [0, 0.05) is 12.2 Å². The van der Waals surface area contributed by atoms with Crippen molar-refractivity contribution in [2.24, 2.45) is 0 Å². The van der Waals surface area contributed by atoms with Gasteiger partial charge in [0.1, 0.15) is 5.56 Å². The number of hydrogen-bond donors (Lipinski definition) is 1. The molecule has 0 aliphatic heterocycles. The Kier molecular flexibility index (Phi) is 3.79. The van der Waals surface area contributed by atoms with Gasteiger partial charge in [-0.25, -0.2) is 9.78 Å². The average Bonchev–Trinajstić information content (AvgIpc) is 2.77. The Morgan fingerprint density at radius 1 is 1.47 bits per heavy atom. The fourth-order valence-corrected chi connectivity index (χ4v) is 1.63. The minimum Gasteiger partial charge on any atom is -0.477 e. The van der Waals surface area contributed by atoms with Gasteiger partial charge in [-0.1, -0.05) is 6.92 Å². The maximum Gasteiger partial charge on any atom is 0.341 e. The van der Waals surface area contributed by atoms with Crippen LogP contribution in [0.25, 0.3) is 0 Å². The number of ether oxygens (including phenoxy) is 1. The zero-order valence-corrected chi connectivity index (χ0v) is 10.8. The lowest BCUT2D eigenvalue weighted by Crippen LogP contribution is -2.02. The lowest BCUT2D eigenvalue weighted by molar-refractivity contribution is 0.0693. The van der Waals surface area contributed by atoms with E-state index in [1.54, 1.807) is 30.1 Å². The highest BCUT2D eigenvalue weighted by atomic mass is 16.5. The van der Waals surface area contributed by atoms with Crippen LogP contribution in [0.4, 0.5) is 0 Å². The predicted octanol–water partition coefficient (Wildman–Crippen LogP) is 2.49. The molecule has 2 aromatic heterocycles. The molecule has 2 rings (SSSR count). The van der Waals surface area contributed by atoms with Gasteiger partial charge < -0.3 is 9.84 Å². The zero-order valence-electron chi connectivity index (χ0n) is 10.8. The third kappa shape index (κ3) is 3.09. The molecule has 19 heavy (non-hydrogen) atoms. The van der Waals surface area contributed by atoms with Crippen molar-refractivity contribution in [2.45, 2.75) is 26.8 Å². The normalized spacial score (nSPS) is 10.4. The third-order valence-electron chi connectivity index (χ3n) is 2.51. The van der Waals surface area contributed by atoms with Crippen LogP contribution in [0.5, 0.6) is 11.6 Å². The van der Waals surface area contributed by atoms with Crippen LogP contribution in [-0.2, 0) is 6.54 Å². The van der Waals surface area contributed by atoms with Gasteiger partial charge in [-0.05, 0) is 25.5 Å². The van der Waals surface area contributed by atoms with E-state index in [0.29, 0.717) is 11.4 Å². The number of aromatic carboxylic acids is 1. The summed E-state index contributed by atoms with van der Waals surface area (Å²) in [4.78, 5) is 15.2. The molecular formula is C13H15N3O3. The molecule has 2 aromatic rings. The maximum absolute atomic E-state index is 11.1. The van der Waals surface area contributed by atoms with Crippen molar-refractivity contribution in [2.75, 3.05) is 0 Å². The second-order valence-corrected chi connectivity index (χ2v) is 4.15. The van der Waals surface area contributed by atoms with Gasteiger partial charge in [0.15, 0.2) is 5.75 Å². The number of hydrogen-bond acceptors (Lipinski definition) is 4. The molecular weight excluding hydrogens is 246 g/mol. The van der Waals surface area contributed by atoms with E-state index in [1.807, 2.05) is 6.92 Å². The van der Waals surface area contributed by atoms with Gasteiger partial charge in [-0.15, -0.1) is 0 Å². The number of pyridine rings is 1. The minimum absolute atomic E-state index is 0.0360. The minimum atomic E-state index is -1.07. The van der Waals surface area contributed by atoms with E-state index < -0.39 is 5.97 Å². The highest BCUT2D eigenvalue weighted by Crippen LogP contribution is 2.23. The highest BCUT2D eigenvalue weighted by Gasteiger charge is 2.14. The number of carboxylic acids is 1. The SMILES string of the molecule is CCCn1cc(Oc2nc(C)ccc2C(=O)O)cn1. The van der Waals surface area contributed by atoms with Gasteiger partial charge in [0.05, 0.1) is 12.4 Å². The quantitative estimate of drug-likeness (QED) is 0.894. The van der Waals surface area contributed by atoms with Crippen molar-refractivity contribution < 1.29 is 14.6 Å². The fourth-order valence-electron chi connectivity index (χ4n) is 1.63. The molecule has 0 saturated carbocycles. The monoisotopic (exact) mass is 261 g/mol. The number of rotatable bonds is 5. The summed E-state index contributed by atoms with van der Waals surface area (Å²) in [5.74, 6) is -0.499. The maximum atomic E-state index is 11.1. The molecule has 0 radical (unpaired) electrons. The Hall–Kier alpha value is -2.37. The van der Waals surface area contributed by atoms with E-state index in [4.69, 9.17) is 9.84 Å². The lowest BCUT2D eigenvalue weighted by Gasteiger charge is -2.06. The van der Waals surface area contributed by atoms with Crippen LogP contribution >= 0.6 is 0 Å². The summed E-state index contributed by atoms with van der Waals surface area (Å²) in [5.41, 5.74) is 0.731. The molecule has 0 atom stereocenters. The summed E-state index contributed by atoms with van der Waals surface area (Å²) in [6.07, 6.45) is 4.23. The number of aryl methyl sites for hydroxylation is 2.